The van der Waals surface area contributed by atoms with E-state index in [9.17, 15) is 19.4 Å². The topological polar surface area (TPSA) is 57.5 Å². The van der Waals surface area contributed by atoms with Gasteiger partial charge < -0.3 is 10.2 Å². The van der Waals surface area contributed by atoms with Gasteiger partial charge in [0, 0.05) is 17.8 Å². The van der Waals surface area contributed by atoms with Crippen molar-refractivity contribution in [2.24, 2.45) is 34.0 Å². The molecule has 2 N–H and O–H groups in total. The maximum Gasteiger partial charge on any atom is 0.309 e. The van der Waals surface area contributed by atoms with Gasteiger partial charge in [0.15, 0.2) is 0 Å². The average Bonchev–Trinajstić information content (AvgIpc) is 2.56. The Bertz CT molecular complexity index is 584. The molecule has 4 heteroatoms. The van der Waals surface area contributed by atoms with E-state index >= 15 is 0 Å². The lowest BCUT2D eigenvalue weighted by Gasteiger charge is -2.65. The minimum atomic E-state index is -0.719. The van der Waals surface area contributed by atoms with Gasteiger partial charge in [-0.1, -0.05) is 13.3 Å². The van der Waals surface area contributed by atoms with Crippen molar-refractivity contribution in [3.8, 4) is 12.3 Å². The first-order chi connectivity index (χ1) is 11.8. The summed E-state index contributed by atoms with van der Waals surface area (Å²) in [5.74, 6) is 1.99. The van der Waals surface area contributed by atoms with Crippen molar-refractivity contribution in [3.63, 3.8) is 0 Å². The van der Waals surface area contributed by atoms with Crippen LogP contribution in [0.5, 0.6) is 0 Å². The Morgan fingerprint density at radius 2 is 1.92 bits per heavy atom. The summed E-state index contributed by atoms with van der Waals surface area (Å²) in [6, 6.07) is 0. The van der Waals surface area contributed by atoms with Crippen molar-refractivity contribution < 1.29 is 19.4 Å². The van der Waals surface area contributed by atoms with Gasteiger partial charge in [0.1, 0.15) is 0 Å². The van der Waals surface area contributed by atoms with Crippen LogP contribution in [0.25, 0.3) is 0 Å². The van der Waals surface area contributed by atoms with Crippen molar-refractivity contribution >= 4 is 5.97 Å². The van der Waals surface area contributed by atoms with Crippen LogP contribution >= 0.6 is 0 Å². The van der Waals surface area contributed by atoms with E-state index in [0.717, 1.165) is 25.7 Å². The Labute approximate surface area is 150 Å². The summed E-state index contributed by atoms with van der Waals surface area (Å²) in [6.07, 6.45) is 11.0. The maximum atomic E-state index is 13.5. The summed E-state index contributed by atoms with van der Waals surface area (Å²) in [5.41, 5.74) is -1.31. The van der Waals surface area contributed by atoms with Crippen molar-refractivity contribution in [1.29, 1.82) is 0 Å². The zero-order valence-electron chi connectivity index (χ0n) is 15.4. The fraction of sp³-hybridized carbons (Fsp3) is 0.857. The van der Waals surface area contributed by atoms with Crippen LogP contribution in [-0.4, -0.2) is 29.0 Å². The Balaban J connectivity index is 2.04. The highest BCUT2D eigenvalue weighted by Crippen LogP contribution is 2.68. The second-order valence-corrected chi connectivity index (χ2v) is 9.28. The SMILES string of the molecule is C#CC[C@]12CC[C@H]3[C@@](C)(CCC[C@@]3(C)C(=O)O)[C@@H]1CC[C@H](CF)[C@H]2O. The van der Waals surface area contributed by atoms with Crippen LogP contribution in [0.15, 0.2) is 0 Å². The lowest BCUT2D eigenvalue weighted by atomic mass is 9.39. The van der Waals surface area contributed by atoms with E-state index < -0.39 is 29.6 Å². The number of aliphatic hydroxyl groups is 1. The molecule has 0 amide bonds. The van der Waals surface area contributed by atoms with E-state index in [2.05, 4.69) is 12.8 Å². The summed E-state index contributed by atoms with van der Waals surface area (Å²) in [7, 11) is 0. The van der Waals surface area contributed by atoms with Gasteiger partial charge in [-0.2, -0.15) is 0 Å². The van der Waals surface area contributed by atoms with Gasteiger partial charge in [-0.3, -0.25) is 9.18 Å². The number of fused-ring (bicyclic) bond motifs is 3. The Hall–Kier alpha value is -1.08. The molecule has 0 aromatic heterocycles. The number of aliphatic hydroxyl groups excluding tert-OH is 1. The molecule has 7 atom stereocenters. The smallest absolute Gasteiger partial charge is 0.309 e. The molecule has 0 spiro atoms. The minimum absolute atomic E-state index is 0.0938. The van der Waals surface area contributed by atoms with E-state index in [1.165, 1.54) is 0 Å². The molecule has 3 rings (SSSR count). The van der Waals surface area contributed by atoms with E-state index in [-0.39, 0.29) is 23.2 Å². The van der Waals surface area contributed by atoms with Crippen molar-refractivity contribution in [2.45, 2.75) is 71.3 Å². The molecule has 0 aromatic carbocycles. The Morgan fingerprint density at radius 3 is 2.52 bits per heavy atom. The fourth-order valence-corrected chi connectivity index (χ4v) is 7.13. The number of carbonyl (C=O) groups is 1. The van der Waals surface area contributed by atoms with E-state index in [1.807, 2.05) is 6.92 Å². The van der Waals surface area contributed by atoms with Crippen LogP contribution in [0, 0.1) is 46.3 Å². The molecule has 0 saturated heterocycles. The zero-order chi connectivity index (χ0) is 18.5. The summed E-state index contributed by atoms with van der Waals surface area (Å²) in [5, 5.41) is 21.0. The quantitative estimate of drug-likeness (QED) is 0.755. The molecule has 3 fully saturated rings. The molecule has 0 bridgehead atoms. The van der Waals surface area contributed by atoms with E-state index in [4.69, 9.17) is 6.42 Å². The molecule has 3 saturated carbocycles. The first-order valence-electron chi connectivity index (χ1n) is 9.67. The van der Waals surface area contributed by atoms with E-state index in [1.54, 1.807) is 0 Å². The third-order valence-electron chi connectivity index (χ3n) is 8.34. The molecule has 3 aliphatic carbocycles. The van der Waals surface area contributed by atoms with Gasteiger partial charge >= 0.3 is 5.97 Å². The number of carboxylic acids is 1. The number of alkyl halides is 1. The van der Waals surface area contributed by atoms with Crippen molar-refractivity contribution in [3.05, 3.63) is 0 Å². The zero-order valence-corrected chi connectivity index (χ0v) is 15.4. The molecule has 140 valence electrons. The monoisotopic (exact) mass is 350 g/mol. The highest BCUT2D eigenvalue weighted by molar-refractivity contribution is 5.75. The molecule has 3 nitrogen and oxygen atoms in total. The molecule has 25 heavy (non-hydrogen) atoms. The van der Waals surface area contributed by atoms with Crippen LogP contribution < -0.4 is 0 Å². The molecule has 0 unspecified atom stereocenters. The van der Waals surface area contributed by atoms with Gasteiger partial charge in [0.05, 0.1) is 18.2 Å². The molecule has 3 aliphatic rings. The van der Waals surface area contributed by atoms with Gasteiger partial charge in [-0.25, -0.2) is 0 Å². The largest absolute Gasteiger partial charge is 0.481 e. The number of hydrogen-bond acceptors (Lipinski definition) is 2. The number of aliphatic carboxylic acids is 1. The predicted octanol–water partition coefficient (Wildman–Crippen LogP) is 4.04. The molecule has 0 aromatic rings. The third-order valence-corrected chi connectivity index (χ3v) is 8.34. The number of hydrogen-bond donors (Lipinski definition) is 2. The van der Waals surface area contributed by atoms with Crippen molar-refractivity contribution in [2.75, 3.05) is 6.67 Å². The van der Waals surface area contributed by atoms with Gasteiger partial charge in [-0.15, -0.1) is 12.3 Å². The average molecular weight is 350 g/mol. The number of halogens is 1. The highest BCUT2D eigenvalue weighted by atomic mass is 19.1. The predicted molar refractivity (Wildman–Crippen MR) is 94.5 cm³/mol. The highest BCUT2D eigenvalue weighted by Gasteiger charge is 2.65. The minimum Gasteiger partial charge on any atom is -0.481 e. The fourth-order valence-electron chi connectivity index (χ4n) is 7.13. The molecular weight excluding hydrogens is 319 g/mol. The number of terminal acetylenes is 1. The molecule has 0 radical (unpaired) electrons. The Morgan fingerprint density at radius 1 is 1.20 bits per heavy atom. The van der Waals surface area contributed by atoms with Crippen LogP contribution in [0.2, 0.25) is 0 Å². The normalized spacial score (nSPS) is 49.6. The van der Waals surface area contributed by atoms with E-state index in [0.29, 0.717) is 25.7 Å². The summed E-state index contributed by atoms with van der Waals surface area (Å²) >= 11 is 0. The van der Waals surface area contributed by atoms with Crippen LogP contribution in [0.4, 0.5) is 4.39 Å². The maximum absolute atomic E-state index is 13.5. The van der Waals surface area contributed by atoms with Gasteiger partial charge in [0.2, 0.25) is 0 Å². The summed E-state index contributed by atoms with van der Waals surface area (Å²) < 4.78 is 13.5. The second-order valence-electron chi connectivity index (χ2n) is 9.28. The number of carboxylic acid groups (broad SMARTS) is 1. The van der Waals surface area contributed by atoms with Crippen molar-refractivity contribution in [1.82, 2.24) is 0 Å². The van der Waals surface area contributed by atoms with Gasteiger partial charge in [-0.05, 0) is 62.7 Å². The summed E-state index contributed by atoms with van der Waals surface area (Å²) in [4.78, 5) is 12.1. The molecule has 0 aliphatic heterocycles. The second kappa shape index (κ2) is 6.27. The van der Waals surface area contributed by atoms with Crippen LogP contribution in [0.1, 0.15) is 65.2 Å². The molecule has 0 heterocycles. The summed E-state index contributed by atoms with van der Waals surface area (Å²) in [6.45, 7) is 3.61. The standard InChI is InChI=1S/C21H31FO3/c1-4-9-21-12-8-15-19(2,10-5-11-20(15,3)18(24)25)16(21)7-6-14(13-22)17(21)23/h1,14-17,23H,5-13H2,2-3H3,(H,24,25)/t14-,15+,16+,17-,19-,20-,21+/m1/s1. The molecular formula is C21H31FO3. The van der Waals surface area contributed by atoms with Crippen LogP contribution in [0.3, 0.4) is 0 Å². The van der Waals surface area contributed by atoms with Gasteiger partial charge in [0.25, 0.3) is 0 Å². The third kappa shape index (κ3) is 2.46. The lowest BCUT2D eigenvalue weighted by Crippen LogP contribution is -2.63. The first kappa shape index (κ1) is 18.7. The number of rotatable bonds is 3. The van der Waals surface area contributed by atoms with Crippen LogP contribution in [-0.2, 0) is 4.79 Å². The Kier molecular flexibility index (Phi) is 4.69. The lowest BCUT2D eigenvalue weighted by molar-refractivity contribution is -0.210. The first-order valence-corrected chi connectivity index (χ1v) is 9.67.